The number of rotatable bonds is 10. The molecule has 0 saturated heterocycles. The average molecular weight is 428 g/mol. The number of aryl methyl sites for hydroxylation is 1. The summed E-state index contributed by atoms with van der Waals surface area (Å²) >= 11 is 0. The van der Waals surface area contributed by atoms with Crippen molar-refractivity contribution in [2.24, 2.45) is 5.73 Å². The summed E-state index contributed by atoms with van der Waals surface area (Å²) in [7, 11) is -3.75. The Kier molecular flexibility index (Phi) is 7.15. The molecular formula is C22H25N3O4S. The number of aromatic carboxylic acids is 1. The molecule has 0 aliphatic carbocycles. The second-order valence-electron chi connectivity index (χ2n) is 6.97. The largest absolute Gasteiger partial charge is 0.478 e. The number of nitrogens with zero attached hydrogens (tertiary/aromatic N) is 2. The first-order valence-corrected chi connectivity index (χ1v) is 11.2. The van der Waals surface area contributed by atoms with Crippen molar-refractivity contribution in [1.82, 2.24) is 9.29 Å². The maximum Gasteiger partial charge on any atom is 0.335 e. The normalized spacial score (nSPS) is 11.8. The van der Waals surface area contributed by atoms with E-state index in [1.165, 1.54) is 4.31 Å². The van der Waals surface area contributed by atoms with Gasteiger partial charge in [-0.2, -0.15) is 4.31 Å². The van der Waals surface area contributed by atoms with E-state index < -0.39 is 16.0 Å². The highest BCUT2D eigenvalue weighted by molar-refractivity contribution is 7.89. The Morgan fingerprint density at radius 2 is 1.80 bits per heavy atom. The molecule has 3 aromatic rings. The number of sulfonamides is 1. The Morgan fingerprint density at radius 3 is 2.57 bits per heavy atom. The van der Waals surface area contributed by atoms with E-state index in [0.717, 1.165) is 5.39 Å². The molecule has 3 rings (SSSR count). The van der Waals surface area contributed by atoms with Gasteiger partial charge in [0.2, 0.25) is 10.0 Å². The van der Waals surface area contributed by atoms with Crippen molar-refractivity contribution >= 4 is 26.8 Å². The number of hydrogen-bond donors (Lipinski definition) is 2. The van der Waals surface area contributed by atoms with Gasteiger partial charge in [0.1, 0.15) is 0 Å². The van der Waals surface area contributed by atoms with Crippen LogP contribution in [0, 0.1) is 0 Å². The first-order valence-electron chi connectivity index (χ1n) is 9.79. The molecule has 0 fully saturated rings. The minimum absolute atomic E-state index is 0.241. The van der Waals surface area contributed by atoms with Gasteiger partial charge in [-0.05, 0) is 49.6 Å². The molecule has 158 valence electrons. The summed E-state index contributed by atoms with van der Waals surface area (Å²) in [6.45, 7) is 0.964. The van der Waals surface area contributed by atoms with Crippen LogP contribution in [0.25, 0.3) is 10.8 Å². The number of fused-ring (bicyclic) bond motifs is 1. The van der Waals surface area contributed by atoms with Crippen LogP contribution in [-0.2, 0) is 16.4 Å². The number of carbonyl (C=O) groups is 1. The molecule has 2 aromatic carbocycles. The molecule has 0 bridgehead atoms. The van der Waals surface area contributed by atoms with Crippen LogP contribution >= 0.6 is 0 Å². The summed E-state index contributed by atoms with van der Waals surface area (Å²) < 4.78 is 28.3. The summed E-state index contributed by atoms with van der Waals surface area (Å²) in [5.41, 5.74) is 6.56. The number of benzene rings is 2. The molecule has 0 unspecified atom stereocenters. The number of hydrogen-bond acceptors (Lipinski definition) is 5. The van der Waals surface area contributed by atoms with Gasteiger partial charge in [-0.1, -0.05) is 30.3 Å². The van der Waals surface area contributed by atoms with Gasteiger partial charge in [-0.3, -0.25) is 4.98 Å². The van der Waals surface area contributed by atoms with Crippen molar-refractivity contribution in [3.05, 3.63) is 72.1 Å². The van der Waals surface area contributed by atoms with Gasteiger partial charge in [0.25, 0.3) is 0 Å². The molecule has 3 N–H and O–H groups in total. The minimum atomic E-state index is -3.75. The van der Waals surface area contributed by atoms with Crippen molar-refractivity contribution in [3.8, 4) is 0 Å². The van der Waals surface area contributed by atoms with Crippen LogP contribution in [0.3, 0.4) is 0 Å². The monoisotopic (exact) mass is 427 g/mol. The molecule has 30 heavy (non-hydrogen) atoms. The number of pyridine rings is 1. The van der Waals surface area contributed by atoms with Gasteiger partial charge in [0, 0.05) is 36.3 Å². The zero-order valence-corrected chi connectivity index (χ0v) is 17.4. The van der Waals surface area contributed by atoms with Gasteiger partial charge in [-0.25, -0.2) is 13.2 Å². The third-order valence-corrected chi connectivity index (χ3v) is 6.93. The zero-order chi connectivity index (χ0) is 21.6. The van der Waals surface area contributed by atoms with Crippen LogP contribution in [-0.4, -0.2) is 48.4 Å². The lowest BCUT2D eigenvalue weighted by Crippen LogP contribution is -2.34. The molecular weight excluding hydrogens is 402 g/mol. The maximum absolute atomic E-state index is 13.4. The zero-order valence-electron chi connectivity index (χ0n) is 16.6. The number of carboxylic acid groups (broad SMARTS) is 1. The van der Waals surface area contributed by atoms with E-state index in [9.17, 15) is 18.3 Å². The van der Waals surface area contributed by atoms with Crippen molar-refractivity contribution < 1.29 is 18.3 Å². The molecule has 1 aromatic heterocycles. The van der Waals surface area contributed by atoms with E-state index in [4.69, 9.17) is 5.73 Å². The van der Waals surface area contributed by atoms with Gasteiger partial charge in [0.15, 0.2) is 0 Å². The molecule has 0 saturated carbocycles. The second kappa shape index (κ2) is 9.80. The second-order valence-corrected chi connectivity index (χ2v) is 8.87. The molecule has 8 heteroatoms. The quantitative estimate of drug-likeness (QED) is 0.514. The third-order valence-electron chi connectivity index (χ3n) is 4.97. The van der Waals surface area contributed by atoms with E-state index >= 15 is 0 Å². The molecule has 0 spiro atoms. The van der Waals surface area contributed by atoms with Crippen molar-refractivity contribution in [1.29, 1.82) is 0 Å². The highest BCUT2D eigenvalue weighted by Gasteiger charge is 2.25. The average Bonchev–Trinajstić information content (AvgIpc) is 2.75. The summed E-state index contributed by atoms with van der Waals surface area (Å²) in [6.07, 6.45) is 4.73. The molecule has 0 amide bonds. The first kappa shape index (κ1) is 21.9. The maximum atomic E-state index is 13.4. The molecule has 0 aliphatic heterocycles. The Balaban J connectivity index is 1.84. The summed E-state index contributed by atoms with van der Waals surface area (Å²) in [6, 6.07) is 13.6. The van der Waals surface area contributed by atoms with E-state index in [1.807, 2.05) is 6.07 Å². The molecule has 0 atom stereocenters. The fourth-order valence-electron chi connectivity index (χ4n) is 3.47. The van der Waals surface area contributed by atoms with E-state index in [0.29, 0.717) is 43.3 Å². The van der Waals surface area contributed by atoms with Gasteiger partial charge < -0.3 is 10.8 Å². The summed E-state index contributed by atoms with van der Waals surface area (Å²) in [5.74, 6) is -0.984. The summed E-state index contributed by atoms with van der Waals surface area (Å²) in [4.78, 5) is 15.7. The van der Waals surface area contributed by atoms with Crippen LogP contribution in [0.15, 0.2) is 65.8 Å². The van der Waals surface area contributed by atoms with Crippen molar-refractivity contribution in [3.63, 3.8) is 0 Å². The SMILES string of the molecule is NCCCN(CCCc1ccccc1C(=O)O)S(=O)(=O)c1cccc2cnccc12. The predicted molar refractivity (Wildman–Crippen MR) is 116 cm³/mol. The van der Waals surface area contributed by atoms with Crippen LogP contribution in [0.2, 0.25) is 0 Å². The van der Waals surface area contributed by atoms with Gasteiger partial charge in [0.05, 0.1) is 10.5 Å². The van der Waals surface area contributed by atoms with Crippen LogP contribution in [0.5, 0.6) is 0 Å². The molecule has 0 aliphatic rings. The standard InChI is InChI=1S/C22H25N3O4S/c23-12-5-15-25(14-4-8-17-6-1-2-9-20(17)22(26)27)30(28,29)21-10-3-7-18-16-24-13-11-19(18)21/h1-3,6-7,9-11,13,16H,4-5,8,12,14-15,23H2,(H,26,27). The Bertz CT molecular complexity index is 1130. The molecule has 0 radical (unpaired) electrons. The van der Waals surface area contributed by atoms with Crippen molar-refractivity contribution in [2.45, 2.75) is 24.2 Å². The lowest BCUT2D eigenvalue weighted by molar-refractivity contribution is 0.0695. The highest BCUT2D eigenvalue weighted by Crippen LogP contribution is 2.25. The topological polar surface area (TPSA) is 114 Å². The Labute approximate surface area is 176 Å². The predicted octanol–water partition coefficient (Wildman–Crippen LogP) is 2.91. The van der Waals surface area contributed by atoms with Crippen molar-refractivity contribution in [2.75, 3.05) is 19.6 Å². The number of nitrogens with two attached hydrogens (primary N) is 1. The van der Waals surface area contributed by atoms with E-state index in [2.05, 4.69) is 4.98 Å². The number of aromatic nitrogens is 1. The van der Waals surface area contributed by atoms with E-state index in [-0.39, 0.29) is 17.0 Å². The molecule has 7 nitrogen and oxygen atoms in total. The molecule has 1 heterocycles. The highest BCUT2D eigenvalue weighted by atomic mass is 32.2. The minimum Gasteiger partial charge on any atom is -0.478 e. The van der Waals surface area contributed by atoms with Crippen LogP contribution < -0.4 is 5.73 Å². The lowest BCUT2D eigenvalue weighted by atomic mass is 10.0. The first-order chi connectivity index (χ1) is 14.4. The smallest absolute Gasteiger partial charge is 0.335 e. The van der Waals surface area contributed by atoms with Crippen LogP contribution in [0.4, 0.5) is 0 Å². The lowest BCUT2D eigenvalue weighted by Gasteiger charge is -2.23. The fourth-order valence-corrected chi connectivity index (χ4v) is 5.20. The fraction of sp³-hybridized carbons (Fsp3) is 0.273. The Hall–Kier alpha value is -2.81. The summed E-state index contributed by atoms with van der Waals surface area (Å²) in [5, 5.41) is 10.7. The van der Waals surface area contributed by atoms with E-state index in [1.54, 1.807) is 54.9 Å². The number of carboxylic acids is 1. The van der Waals surface area contributed by atoms with Gasteiger partial charge in [-0.15, -0.1) is 0 Å². The van der Waals surface area contributed by atoms with Gasteiger partial charge >= 0.3 is 5.97 Å². The third kappa shape index (κ3) is 4.84. The van der Waals surface area contributed by atoms with Crippen LogP contribution in [0.1, 0.15) is 28.8 Å². The Morgan fingerprint density at radius 1 is 1.03 bits per heavy atom.